The van der Waals surface area contributed by atoms with Gasteiger partial charge in [-0.05, 0) is 38.8 Å². The van der Waals surface area contributed by atoms with Crippen LogP contribution < -0.4 is 5.32 Å². The first kappa shape index (κ1) is 27.7. The minimum atomic E-state index is -2.90. The summed E-state index contributed by atoms with van der Waals surface area (Å²) in [6.07, 6.45) is 0.0715. The third kappa shape index (κ3) is 6.56. The van der Waals surface area contributed by atoms with Crippen molar-refractivity contribution in [2.45, 2.75) is 51.7 Å². The van der Waals surface area contributed by atoms with E-state index in [9.17, 15) is 23.6 Å². The lowest BCUT2D eigenvalue weighted by Crippen LogP contribution is -2.46. The second kappa shape index (κ2) is 12.0. The number of carbonyl (C=O) groups excluding carboxylic acids is 2. The zero-order chi connectivity index (χ0) is 27.4. The van der Waals surface area contributed by atoms with Crippen LogP contribution in [0.3, 0.4) is 0 Å². The molecule has 0 radical (unpaired) electrons. The molecule has 38 heavy (non-hydrogen) atoms. The number of piperidine rings is 1. The molecule has 2 amide bonds. The van der Waals surface area contributed by atoms with Gasteiger partial charge in [0.2, 0.25) is 0 Å². The number of halogens is 3. The van der Waals surface area contributed by atoms with Gasteiger partial charge in [0.25, 0.3) is 18.2 Å². The van der Waals surface area contributed by atoms with E-state index in [-0.39, 0.29) is 24.0 Å². The molecule has 1 N–H and O–H groups in total. The number of nitrogens with zero attached hydrogens (tertiary/aromatic N) is 6. The van der Waals surface area contributed by atoms with Crippen LogP contribution in [0, 0.1) is 11.5 Å². The molecule has 14 heteroatoms. The third-order valence-corrected chi connectivity index (χ3v) is 7.45. The highest BCUT2D eigenvalue weighted by molar-refractivity contribution is 7.19. The Morgan fingerprint density at radius 3 is 2.66 bits per heavy atom. The number of alkyl halides is 2. The van der Waals surface area contributed by atoms with Gasteiger partial charge in [-0.1, -0.05) is 16.8 Å². The van der Waals surface area contributed by atoms with Crippen LogP contribution in [0.5, 0.6) is 0 Å². The number of rotatable bonds is 9. The number of aromatic nitrogens is 3. The number of likely N-dealkylation sites (tertiary alicyclic amines) is 1. The molecule has 0 aliphatic carbocycles. The molecule has 0 spiro atoms. The van der Waals surface area contributed by atoms with Crippen molar-refractivity contribution >= 4 is 34.8 Å². The van der Waals surface area contributed by atoms with Crippen molar-refractivity contribution in [1.29, 1.82) is 5.26 Å². The number of hydrogen-bond donors (Lipinski definition) is 1. The number of thiophene rings is 1. The second-order valence-corrected chi connectivity index (χ2v) is 10.9. The van der Waals surface area contributed by atoms with Crippen LogP contribution in [0.1, 0.15) is 53.4 Å². The van der Waals surface area contributed by atoms with Crippen molar-refractivity contribution in [1.82, 2.24) is 30.1 Å². The highest BCUT2D eigenvalue weighted by Gasteiger charge is 2.28. The first-order chi connectivity index (χ1) is 18.1. The van der Waals surface area contributed by atoms with Crippen LogP contribution in [-0.4, -0.2) is 74.7 Å². The van der Waals surface area contributed by atoms with E-state index in [1.165, 1.54) is 28.3 Å². The first-order valence-electron chi connectivity index (χ1n) is 12.0. The molecule has 3 aromatic heterocycles. The fourth-order valence-electron chi connectivity index (χ4n) is 4.19. The Kier molecular flexibility index (Phi) is 8.76. The van der Waals surface area contributed by atoms with E-state index >= 15 is 0 Å². The molecule has 1 aliphatic heterocycles. The lowest BCUT2D eigenvalue weighted by Gasteiger charge is -2.34. The third-order valence-electron chi connectivity index (χ3n) is 6.20. The Morgan fingerprint density at radius 2 is 2.05 bits per heavy atom. The minimum Gasteiger partial charge on any atom is -0.355 e. The van der Waals surface area contributed by atoms with Crippen LogP contribution in [0.4, 0.5) is 8.78 Å². The average Bonchev–Trinajstić information content (AvgIpc) is 3.62. The summed E-state index contributed by atoms with van der Waals surface area (Å²) in [5.74, 6) is -1.03. The fourth-order valence-corrected chi connectivity index (χ4v) is 5.18. The molecule has 1 fully saturated rings. The van der Waals surface area contributed by atoms with E-state index in [0.29, 0.717) is 26.7 Å². The number of nitriles is 1. The summed E-state index contributed by atoms with van der Waals surface area (Å²) < 4.78 is 33.0. The molecule has 0 bridgehead atoms. The molecule has 0 unspecified atom stereocenters. The van der Waals surface area contributed by atoms with Crippen LogP contribution in [0.15, 0.2) is 28.8 Å². The Labute approximate surface area is 226 Å². The molecule has 0 atom stereocenters. The van der Waals surface area contributed by atoms with Crippen LogP contribution in [0.2, 0.25) is 4.34 Å². The quantitative estimate of drug-likeness (QED) is 0.306. The molecule has 0 aromatic carbocycles. The molecule has 4 heterocycles. The average molecular weight is 566 g/mol. The first-order valence-corrected chi connectivity index (χ1v) is 13.2. The number of amides is 2. The SMILES string of the molecule is CC(C)N1CCC(NC(=O)c2cc(C(=O)N(C#N)CC(F)F)nn2Cc2cc(-c3ccc(Cl)s3)on2)CC1. The summed E-state index contributed by atoms with van der Waals surface area (Å²) in [6.45, 7) is 4.81. The van der Waals surface area contributed by atoms with E-state index in [2.05, 4.69) is 34.3 Å². The smallest absolute Gasteiger partial charge is 0.287 e. The van der Waals surface area contributed by atoms with Gasteiger partial charge < -0.3 is 14.7 Å². The van der Waals surface area contributed by atoms with Crippen molar-refractivity contribution in [2.24, 2.45) is 0 Å². The van der Waals surface area contributed by atoms with Crippen LogP contribution in [-0.2, 0) is 6.54 Å². The van der Waals surface area contributed by atoms with Gasteiger partial charge in [-0.2, -0.15) is 10.4 Å². The molecule has 3 aromatic rings. The second-order valence-electron chi connectivity index (χ2n) is 9.14. The van der Waals surface area contributed by atoms with E-state index < -0.39 is 24.8 Å². The zero-order valence-electron chi connectivity index (χ0n) is 20.7. The van der Waals surface area contributed by atoms with Gasteiger partial charge >= 0.3 is 0 Å². The number of nitrogens with one attached hydrogen (secondary N) is 1. The van der Waals surface area contributed by atoms with Gasteiger partial charge in [0.05, 0.1) is 22.3 Å². The highest BCUT2D eigenvalue weighted by atomic mass is 35.5. The molecule has 10 nitrogen and oxygen atoms in total. The maximum Gasteiger partial charge on any atom is 0.287 e. The lowest BCUT2D eigenvalue weighted by molar-refractivity contribution is 0.0677. The van der Waals surface area contributed by atoms with Gasteiger partial charge in [-0.25, -0.2) is 13.7 Å². The topological polar surface area (TPSA) is 120 Å². The lowest BCUT2D eigenvalue weighted by atomic mass is 10.0. The minimum absolute atomic E-state index is 0.0359. The summed E-state index contributed by atoms with van der Waals surface area (Å²) in [7, 11) is 0. The molecule has 0 saturated carbocycles. The summed E-state index contributed by atoms with van der Waals surface area (Å²) in [5, 5.41) is 20.4. The van der Waals surface area contributed by atoms with Crippen molar-refractivity contribution in [2.75, 3.05) is 19.6 Å². The van der Waals surface area contributed by atoms with Gasteiger partial charge in [-0.15, -0.1) is 11.3 Å². The van der Waals surface area contributed by atoms with E-state index in [1.54, 1.807) is 18.2 Å². The highest BCUT2D eigenvalue weighted by Crippen LogP contribution is 2.31. The fraction of sp³-hybridized carbons (Fsp3) is 0.458. The molecular weight excluding hydrogens is 540 g/mol. The molecule has 1 aliphatic rings. The Bertz CT molecular complexity index is 1320. The normalized spacial score (nSPS) is 14.7. The summed E-state index contributed by atoms with van der Waals surface area (Å²) in [6, 6.07) is 6.71. The Balaban J connectivity index is 1.57. The Hall–Kier alpha value is -3.34. The van der Waals surface area contributed by atoms with Crippen LogP contribution in [0.25, 0.3) is 10.6 Å². The maximum absolute atomic E-state index is 13.3. The molecule has 202 valence electrons. The van der Waals surface area contributed by atoms with E-state index in [0.717, 1.165) is 30.8 Å². The van der Waals surface area contributed by atoms with Crippen molar-refractivity contribution < 1.29 is 22.9 Å². The van der Waals surface area contributed by atoms with Gasteiger partial charge in [0, 0.05) is 37.3 Å². The van der Waals surface area contributed by atoms with Gasteiger partial charge in [-0.3, -0.25) is 14.3 Å². The summed E-state index contributed by atoms with van der Waals surface area (Å²) in [5.41, 5.74) is 0.148. The Morgan fingerprint density at radius 1 is 1.32 bits per heavy atom. The van der Waals surface area contributed by atoms with E-state index in [1.807, 2.05) is 0 Å². The van der Waals surface area contributed by atoms with E-state index in [4.69, 9.17) is 16.1 Å². The number of hydrogen-bond acceptors (Lipinski definition) is 8. The van der Waals surface area contributed by atoms with Crippen LogP contribution >= 0.6 is 22.9 Å². The van der Waals surface area contributed by atoms with Crippen molar-refractivity contribution in [3.63, 3.8) is 0 Å². The van der Waals surface area contributed by atoms with Gasteiger partial charge in [0.1, 0.15) is 11.4 Å². The number of carbonyl (C=O) groups is 2. The van der Waals surface area contributed by atoms with Gasteiger partial charge in [0.15, 0.2) is 17.6 Å². The molecule has 4 rings (SSSR count). The van der Waals surface area contributed by atoms with Crippen molar-refractivity contribution in [3.05, 3.63) is 45.7 Å². The standard InChI is InChI=1S/C24H26ClF2N7O3S/c1-14(2)32-7-5-15(6-8-32)29-23(35)18-10-17(24(36)33(13-28)12-22(26)27)30-34(18)11-16-9-19(37-31-16)20-3-4-21(25)38-20/h3-4,9-10,14-15,22H,5-8,11-12H2,1-2H3,(H,29,35). The molecule has 1 saturated heterocycles. The van der Waals surface area contributed by atoms with Crippen molar-refractivity contribution in [3.8, 4) is 16.8 Å². The molecular formula is C24H26ClF2N7O3S. The zero-order valence-corrected chi connectivity index (χ0v) is 22.3. The monoisotopic (exact) mass is 565 g/mol. The summed E-state index contributed by atoms with van der Waals surface area (Å²) in [4.78, 5) is 29.4. The maximum atomic E-state index is 13.3. The largest absolute Gasteiger partial charge is 0.355 e. The predicted molar refractivity (Wildman–Crippen MR) is 136 cm³/mol. The predicted octanol–water partition coefficient (Wildman–Crippen LogP) is 4.09. The summed E-state index contributed by atoms with van der Waals surface area (Å²) >= 11 is 7.30.